The minimum absolute atomic E-state index is 0.242. The zero-order valence-corrected chi connectivity index (χ0v) is 20.1. The first-order valence-electron chi connectivity index (χ1n) is 11.8. The van der Waals surface area contributed by atoms with Crippen molar-refractivity contribution in [1.82, 2.24) is 15.5 Å². The molecule has 1 heterocycles. The number of benzene rings is 2. The molecule has 2 amide bonds. The molecule has 34 heavy (non-hydrogen) atoms. The van der Waals surface area contributed by atoms with E-state index in [4.69, 9.17) is 0 Å². The molecule has 0 radical (unpaired) electrons. The van der Waals surface area contributed by atoms with Gasteiger partial charge in [-0.05, 0) is 55.6 Å². The van der Waals surface area contributed by atoms with Gasteiger partial charge in [0.15, 0.2) is 0 Å². The summed E-state index contributed by atoms with van der Waals surface area (Å²) in [7, 11) is 0. The lowest BCUT2D eigenvalue weighted by atomic mass is 10.0. The van der Waals surface area contributed by atoms with E-state index < -0.39 is 29.1 Å². The predicted molar refractivity (Wildman–Crippen MR) is 130 cm³/mol. The highest BCUT2D eigenvalue weighted by atomic mass is 19.1. The molecule has 2 aromatic rings. The van der Waals surface area contributed by atoms with Gasteiger partial charge in [-0.2, -0.15) is 0 Å². The largest absolute Gasteiger partial charge is 0.369 e. The number of rotatable bonds is 9. The van der Waals surface area contributed by atoms with Crippen molar-refractivity contribution < 1.29 is 18.4 Å². The number of nitrogens with one attached hydrogen (secondary N) is 2. The monoisotopic (exact) mass is 472 g/mol. The molecular formula is C26H34F2N4O2. The molecule has 184 valence electrons. The standard InChI is InChI=1S/C26H34F2N4O2/c1-18(2)24(30-25(33)23-21(27)9-5-10-22(23)28)26(34)29-11-6-12-31-13-15-32(16-14-31)20-8-4-7-19(3)17-20/h4-5,7-10,17-18,24H,6,11-16H2,1-3H3,(H,29,34)(H,30,33). The number of carbonyl (C=O) groups excluding carboxylic acids is 2. The third kappa shape index (κ3) is 6.76. The summed E-state index contributed by atoms with van der Waals surface area (Å²) < 4.78 is 27.8. The Bertz CT molecular complexity index is 970. The lowest BCUT2D eigenvalue weighted by Gasteiger charge is -2.36. The maximum atomic E-state index is 13.9. The van der Waals surface area contributed by atoms with Crippen LogP contribution < -0.4 is 15.5 Å². The van der Waals surface area contributed by atoms with E-state index >= 15 is 0 Å². The Morgan fingerprint density at radius 2 is 1.65 bits per heavy atom. The summed E-state index contributed by atoms with van der Waals surface area (Å²) in [6, 6.07) is 10.9. The smallest absolute Gasteiger partial charge is 0.257 e. The van der Waals surface area contributed by atoms with Crippen molar-refractivity contribution in [2.45, 2.75) is 33.2 Å². The lowest BCUT2D eigenvalue weighted by molar-refractivity contribution is -0.123. The van der Waals surface area contributed by atoms with Gasteiger partial charge in [-0.1, -0.05) is 32.0 Å². The SMILES string of the molecule is Cc1cccc(N2CCN(CCCNC(=O)C(NC(=O)c3c(F)cccc3F)C(C)C)CC2)c1. The van der Waals surface area contributed by atoms with Crippen LogP contribution in [0.1, 0.15) is 36.2 Å². The van der Waals surface area contributed by atoms with Gasteiger partial charge in [0.2, 0.25) is 5.91 Å². The Morgan fingerprint density at radius 1 is 1.00 bits per heavy atom. The zero-order chi connectivity index (χ0) is 24.7. The number of hydrogen-bond donors (Lipinski definition) is 2. The molecule has 1 fully saturated rings. The van der Waals surface area contributed by atoms with Crippen molar-refractivity contribution in [1.29, 1.82) is 0 Å². The molecule has 0 saturated carbocycles. The van der Waals surface area contributed by atoms with Crippen LogP contribution >= 0.6 is 0 Å². The molecule has 2 N–H and O–H groups in total. The fourth-order valence-electron chi connectivity index (χ4n) is 4.14. The topological polar surface area (TPSA) is 64.7 Å². The molecular weight excluding hydrogens is 438 g/mol. The summed E-state index contributed by atoms with van der Waals surface area (Å²) in [5, 5.41) is 5.33. The Hall–Kier alpha value is -3.00. The van der Waals surface area contributed by atoms with Crippen LogP contribution in [0.3, 0.4) is 0 Å². The first-order valence-corrected chi connectivity index (χ1v) is 11.8. The van der Waals surface area contributed by atoms with Crippen molar-refractivity contribution in [3.63, 3.8) is 0 Å². The van der Waals surface area contributed by atoms with Crippen LogP contribution in [0.15, 0.2) is 42.5 Å². The summed E-state index contributed by atoms with van der Waals surface area (Å²) in [5.74, 6) is -3.44. The fourth-order valence-corrected chi connectivity index (χ4v) is 4.14. The number of hydrogen-bond acceptors (Lipinski definition) is 4. The van der Waals surface area contributed by atoms with E-state index in [2.05, 4.69) is 51.6 Å². The van der Waals surface area contributed by atoms with Crippen LogP contribution in [-0.2, 0) is 4.79 Å². The molecule has 8 heteroatoms. The molecule has 2 aromatic carbocycles. The van der Waals surface area contributed by atoms with Crippen molar-refractivity contribution in [3.05, 3.63) is 65.2 Å². The quantitative estimate of drug-likeness (QED) is 0.550. The first kappa shape index (κ1) is 25.6. The average Bonchev–Trinajstić information content (AvgIpc) is 2.80. The van der Waals surface area contributed by atoms with Gasteiger partial charge in [-0.15, -0.1) is 0 Å². The summed E-state index contributed by atoms with van der Waals surface area (Å²) >= 11 is 0. The molecule has 1 atom stereocenters. The Morgan fingerprint density at radius 3 is 2.26 bits per heavy atom. The van der Waals surface area contributed by atoms with Gasteiger partial charge in [0.1, 0.15) is 23.2 Å². The van der Waals surface area contributed by atoms with E-state index in [-0.39, 0.29) is 11.8 Å². The van der Waals surface area contributed by atoms with Crippen LogP contribution in [0.5, 0.6) is 0 Å². The van der Waals surface area contributed by atoms with E-state index in [0.29, 0.717) is 6.54 Å². The second-order valence-electron chi connectivity index (χ2n) is 9.10. The highest BCUT2D eigenvalue weighted by Gasteiger charge is 2.27. The van der Waals surface area contributed by atoms with E-state index in [1.54, 1.807) is 13.8 Å². The minimum atomic E-state index is -0.956. The van der Waals surface area contributed by atoms with Gasteiger partial charge in [0.25, 0.3) is 5.91 Å². The summed E-state index contributed by atoms with van der Waals surface area (Å²) in [4.78, 5) is 29.8. The van der Waals surface area contributed by atoms with Gasteiger partial charge < -0.3 is 15.5 Å². The molecule has 1 saturated heterocycles. The normalized spacial score (nSPS) is 15.3. The number of nitrogens with zero attached hydrogens (tertiary/aromatic N) is 2. The van der Waals surface area contributed by atoms with Crippen LogP contribution in [0, 0.1) is 24.5 Å². The fraction of sp³-hybridized carbons (Fsp3) is 0.462. The van der Waals surface area contributed by atoms with Gasteiger partial charge in [0, 0.05) is 38.4 Å². The number of amides is 2. The number of anilines is 1. The van der Waals surface area contributed by atoms with Crippen LogP contribution in [-0.4, -0.2) is 62.0 Å². The molecule has 1 unspecified atom stereocenters. The summed E-state index contributed by atoms with van der Waals surface area (Å²) in [6.07, 6.45) is 0.775. The summed E-state index contributed by atoms with van der Waals surface area (Å²) in [6.45, 7) is 10.8. The molecule has 1 aliphatic rings. The van der Waals surface area contributed by atoms with E-state index in [1.165, 1.54) is 17.3 Å². The average molecular weight is 473 g/mol. The number of aryl methyl sites for hydroxylation is 1. The zero-order valence-electron chi connectivity index (χ0n) is 20.1. The van der Waals surface area contributed by atoms with Crippen LogP contribution in [0.2, 0.25) is 0 Å². The van der Waals surface area contributed by atoms with Gasteiger partial charge in [-0.25, -0.2) is 8.78 Å². The third-order valence-electron chi connectivity index (χ3n) is 6.12. The molecule has 1 aliphatic heterocycles. The second kappa shape index (κ2) is 11.9. The van der Waals surface area contributed by atoms with Crippen molar-refractivity contribution in [3.8, 4) is 0 Å². The number of carbonyl (C=O) groups is 2. The highest BCUT2D eigenvalue weighted by molar-refractivity contribution is 5.98. The van der Waals surface area contributed by atoms with E-state index in [0.717, 1.165) is 51.3 Å². The maximum absolute atomic E-state index is 13.9. The van der Waals surface area contributed by atoms with Gasteiger partial charge in [0.05, 0.1) is 0 Å². The Labute approximate surface area is 200 Å². The van der Waals surface area contributed by atoms with E-state index in [9.17, 15) is 18.4 Å². The summed E-state index contributed by atoms with van der Waals surface area (Å²) in [5.41, 5.74) is 1.83. The number of halogens is 2. The molecule has 0 spiro atoms. The lowest BCUT2D eigenvalue weighted by Crippen LogP contribution is -2.50. The molecule has 0 aliphatic carbocycles. The Balaban J connectivity index is 1.42. The van der Waals surface area contributed by atoms with Crippen molar-refractivity contribution in [2.75, 3.05) is 44.2 Å². The number of piperazine rings is 1. The van der Waals surface area contributed by atoms with Gasteiger partial charge >= 0.3 is 0 Å². The van der Waals surface area contributed by atoms with Crippen LogP contribution in [0.25, 0.3) is 0 Å². The molecule has 3 rings (SSSR count). The third-order valence-corrected chi connectivity index (χ3v) is 6.12. The minimum Gasteiger partial charge on any atom is -0.369 e. The maximum Gasteiger partial charge on any atom is 0.257 e. The van der Waals surface area contributed by atoms with E-state index in [1.807, 2.05) is 0 Å². The van der Waals surface area contributed by atoms with Crippen LogP contribution in [0.4, 0.5) is 14.5 Å². The Kier molecular flexibility index (Phi) is 8.98. The van der Waals surface area contributed by atoms with Crippen molar-refractivity contribution >= 4 is 17.5 Å². The second-order valence-corrected chi connectivity index (χ2v) is 9.10. The first-order chi connectivity index (χ1) is 16.3. The van der Waals surface area contributed by atoms with Gasteiger partial charge in [-0.3, -0.25) is 14.5 Å². The predicted octanol–water partition coefficient (Wildman–Crippen LogP) is 3.36. The molecule has 6 nitrogen and oxygen atoms in total. The van der Waals surface area contributed by atoms with Crippen molar-refractivity contribution in [2.24, 2.45) is 5.92 Å². The molecule has 0 aromatic heterocycles. The molecule has 0 bridgehead atoms. The highest BCUT2D eigenvalue weighted by Crippen LogP contribution is 2.18.